The van der Waals surface area contributed by atoms with Crippen molar-refractivity contribution in [1.29, 1.82) is 0 Å². The second-order valence-electron chi connectivity index (χ2n) is 2.85. The maximum Gasteiger partial charge on any atom is 0.382 e. The molecule has 1 heterocycles. The lowest BCUT2D eigenvalue weighted by molar-refractivity contribution is -0.329. The minimum Gasteiger partial charge on any atom is -0.394 e. The van der Waals surface area contributed by atoms with Crippen molar-refractivity contribution in [3.05, 3.63) is 0 Å². The van der Waals surface area contributed by atoms with Crippen LogP contribution in [0.1, 0.15) is 0 Å². The summed E-state index contributed by atoms with van der Waals surface area (Å²) in [6.45, 7) is -1.41. The monoisotopic (exact) mass is 272 g/mol. The molecule has 0 aromatic heterocycles. The van der Waals surface area contributed by atoms with Gasteiger partial charge in [-0.3, -0.25) is 0 Å². The zero-order chi connectivity index (χ0) is 11.9. The molecule has 0 saturated carbocycles. The van der Waals surface area contributed by atoms with E-state index in [4.69, 9.17) is 5.11 Å². The van der Waals surface area contributed by atoms with Crippen LogP contribution in [0, 0.1) is 0 Å². The van der Waals surface area contributed by atoms with E-state index in [-0.39, 0.29) is 0 Å². The van der Waals surface area contributed by atoms with Gasteiger partial charge in [-0.1, -0.05) is 0 Å². The molecule has 0 aromatic carbocycles. The van der Waals surface area contributed by atoms with Gasteiger partial charge < -0.3 is 14.6 Å². The van der Waals surface area contributed by atoms with E-state index >= 15 is 0 Å². The quantitative estimate of drug-likeness (QED) is 0.629. The summed E-state index contributed by atoms with van der Waals surface area (Å²) in [7, 11) is 0. The standard InChI is InChI=1S/C6H6Cl2F4O3/c7-5(9,10)4(6(8,11)12)14-2-3(1-13)15-4/h3,13H,1-2H2. The third kappa shape index (κ3) is 2.16. The average molecular weight is 273 g/mol. The first-order valence-electron chi connectivity index (χ1n) is 3.70. The van der Waals surface area contributed by atoms with E-state index in [1.807, 2.05) is 0 Å². The van der Waals surface area contributed by atoms with Gasteiger partial charge >= 0.3 is 16.6 Å². The second-order valence-corrected chi connectivity index (χ2v) is 3.79. The molecule has 1 saturated heterocycles. The summed E-state index contributed by atoms with van der Waals surface area (Å²) in [6.07, 6.45) is -1.32. The minimum atomic E-state index is -4.53. The molecular formula is C6H6Cl2F4O3. The molecule has 1 aliphatic rings. The van der Waals surface area contributed by atoms with Crippen LogP contribution in [-0.2, 0) is 9.47 Å². The van der Waals surface area contributed by atoms with Gasteiger partial charge in [0.1, 0.15) is 6.10 Å². The predicted molar refractivity (Wildman–Crippen MR) is 42.2 cm³/mol. The summed E-state index contributed by atoms with van der Waals surface area (Å²) in [5.41, 5.74) is 0. The van der Waals surface area contributed by atoms with Crippen molar-refractivity contribution in [3.8, 4) is 0 Å². The first-order chi connectivity index (χ1) is 6.64. The van der Waals surface area contributed by atoms with Crippen molar-refractivity contribution in [2.24, 2.45) is 0 Å². The van der Waals surface area contributed by atoms with Crippen molar-refractivity contribution in [3.63, 3.8) is 0 Å². The van der Waals surface area contributed by atoms with E-state index in [1.54, 1.807) is 0 Å². The highest BCUT2D eigenvalue weighted by Gasteiger charge is 2.73. The molecule has 1 aliphatic heterocycles. The topological polar surface area (TPSA) is 38.7 Å². The summed E-state index contributed by atoms with van der Waals surface area (Å²) in [4.78, 5) is 0. The molecule has 0 aromatic rings. The van der Waals surface area contributed by atoms with Crippen molar-refractivity contribution >= 4 is 23.2 Å². The van der Waals surface area contributed by atoms with Crippen LogP contribution in [0.25, 0.3) is 0 Å². The molecular weight excluding hydrogens is 267 g/mol. The molecule has 0 radical (unpaired) electrons. The Morgan fingerprint density at radius 2 is 1.73 bits per heavy atom. The molecule has 9 heteroatoms. The normalized spacial score (nSPS) is 27.0. The summed E-state index contributed by atoms with van der Waals surface area (Å²) < 4.78 is 59.3. The Morgan fingerprint density at radius 3 is 1.93 bits per heavy atom. The highest BCUT2D eigenvalue weighted by atomic mass is 35.5. The fraction of sp³-hybridized carbons (Fsp3) is 1.00. The summed E-state index contributed by atoms with van der Waals surface area (Å²) in [5.74, 6) is -3.75. The zero-order valence-electron chi connectivity index (χ0n) is 7.02. The fourth-order valence-corrected chi connectivity index (χ4v) is 1.54. The molecule has 1 fully saturated rings. The van der Waals surface area contributed by atoms with E-state index in [9.17, 15) is 17.6 Å². The second kappa shape index (κ2) is 3.89. The van der Waals surface area contributed by atoms with Crippen LogP contribution in [0.15, 0.2) is 0 Å². The van der Waals surface area contributed by atoms with Crippen molar-refractivity contribution < 1.29 is 32.1 Å². The maximum atomic E-state index is 12.8. The number of aliphatic hydroxyl groups is 1. The fourth-order valence-electron chi connectivity index (χ4n) is 1.06. The minimum absolute atomic E-state index is 0.652. The SMILES string of the molecule is OCC1COC(C(F)(F)Cl)(C(F)(F)Cl)O1. The Balaban J connectivity index is 3.01. The molecule has 15 heavy (non-hydrogen) atoms. The lowest BCUT2D eigenvalue weighted by Crippen LogP contribution is -2.57. The van der Waals surface area contributed by atoms with Crippen LogP contribution < -0.4 is 0 Å². The van der Waals surface area contributed by atoms with Crippen LogP contribution >= 0.6 is 23.2 Å². The zero-order valence-corrected chi connectivity index (χ0v) is 8.53. The Morgan fingerprint density at radius 1 is 1.27 bits per heavy atom. The Hall–Kier alpha value is 0.180. The number of ether oxygens (including phenoxy) is 2. The third-order valence-corrected chi connectivity index (χ3v) is 2.25. The van der Waals surface area contributed by atoms with Crippen LogP contribution in [0.2, 0.25) is 0 Å². The van der Waals surface area contributed by atoms with Crippen LogP contribution in [0.3, 0.4) is 0 Å². The molecule has 1 rings (SSSR count). The Labute approximate surface area is 91.8 Å². The molecule has 3 nitrogen and oxygen atoms in total. The number of alkyl halides is 6. The molecule has 90 valence electrons. The van der Waals surface area contributed by atoms with Gasteiger partial charge in [-0.05, 0) is 23.2 Å². The van der Waals surface area contributed by atoms with Crippen LogP contribution in [0.5, 0.6) is 0 Å². The lowest BCUT2D eigenvalue weighted by atomic mass is 10.3. The number of aliphatic hydroxyl groups excluding tert-OH is 1. The number of rotatable bonds is 3. The molecule has 0 amide bonds. The smallest absolute Gasteiger partial charge is 0.382 e. The van der Waals surface area contributed by atoms with Gasteiger partial charge in [-0.25, -0.2) is 0 Å². The number of hydrogen-bond donors (Lipinski definition) is 1. The molecule has 0 spiro atoms. The summed E-state index contributed by atoms with van der Waals surface area (Å²) in [5, 5.41) is -0.503. The van der Waals surface area contributed by atoms with E-state index in [1.165, 1.54) is 0 Å². The van der Waals surface area contributed by atoms with Crippen molar-refractivity contribution in [1.82, 2.24) is 0 Å². The van der Waals surface area contributed by atoms with Crippen molar-refractivity contribution in [2.45, 2.75) is 22.7 Å². The first kappa shape index (κ1) is 13.2. The predicted octanol–water partition coefficient (Wildman–Crippen LogP) is 1.75. The number of hydrogen-bond acceptors (Lipinski definition) is 3. The van der Waals surface area contributed by atoms with Crippen LogP contribution in [-0.4, -0.2) is 41.0 Å². The lowest BCUT2D eigenvalue weighted by Gasteiger charge is -2.34. The Bertz CT molecular complexity index is 226. The van der Waals surface area contributed by atoms with Gasteiger partial charge in [0.25, 0.3) is 0 Å². The molecule has 0 aliphatic carbocycles. The van der Waals surface area contributed by atoms with Gasteiger partial charge in [0.05, 0.1) is 13.2 Å². The Kier molecular flexibility index (Phi) is 3.43. The first-order valence-corrected chi connectivity index (χ1v) is 4.46. The molecule has 1 N–H and O–H groups in total. The molecule has 1 atom stereocenters. The van der Waals surface area contributed by atoms with E-state index in [0.29, 0.717) is 0 Å². The van der Waals surface area contributed by atoms with Crippen LogP contribution in [0.4, 0.5) is 17.6 Å². The van der Waals surface area contributed by atoms with Gasteiger partial charge in [0, 0.05) is 0 Å². The van der Waals surface area contributed by atoms with Crippen molar-refractivity contribution in [2.75, 3.05) is 13.2 Å². The summed E-state index contributed by atoms with van der Waals surface area (Å²) >= 11 is 8.95. The number of halogens is 6. The maximum absolute atomic E-state index is 12.8. The van der Waals surface area contributed by atoms with Gasteiger partial charge in [-0.15, -0.1) is 0 Å². The van der Waals surface area contributed by atoms with Gasteiger partial charge in [-0.2, -0.15) is 17.6 Å². The van der Waals surface area contributed by atoms with E-state index in [2.05, 4.69) is 32.7 Å². The largest absolute Gasteiger partial charge is 0.394 e. The van der Waals surface area contributed by atoms with Gasteiger partial charge in [0.15, 0.2) is 0 Å². The highest BCUT2D eigenvalue weighted by Crippen LogP contribution is 2.52. The highest BCUT2D eigenvalue weighted by molar-refractivity contribution is 6.26. The summed E-state index contributed by atoms with van der Waals surface area (Å²) in [6, 6.07) is 0. The van der Waals surface area contributed by atoms with Gasteiger partial charge in [0.2, 0.25) is 0 Å². The molecule has 1 unspecified atom stereocenters. The molecule has 0 bridgehead atoms. The average Bonchev–Trinajstić information content (AvgIpc) is 2.45. The third-order valence-electron chi connectivity index (χ3n) is 1.76. The van der Waals surface area contributed by atoms with E-state index < -0.39 is 35.9 Å². The van der Waals surface area contributed by atoms with E-state index in [0.717, 1.165) is 0 Å².